The van der Waals surface area contributed by atoms with Gasteiger partial charge < -0.3 is 5.32 Å². The quantitative estimate of drug-likeness (QED) is 0.729. The lowest BCUT2D eigenvalue weighted by Gasteiger charge is -2.12. The molecule has 1 aromatic carbocycles. The van der Waals surface area contributed by atoms with Crippen molar-refractivity contribution in [3.8, 4) is 0 Å². The Balaban J connectivity index is 2.10. The van der Waals surface area contributed by atoms with E-state index in [1.165, 1.54) is 22.0 Å². The van der Waals surface area contributed by atoms with Crippen molar-refractivity contribution < 1.29 is 0 Å². The highest BCUT2D eigenvalue weighted by atomic mass is 32.2. The van der Waals surface area contributed by atoms with Gasteiger partial charge in [0.25, 0.3) is 0 Å². The minimum atomic E-state index is 1.12. The van der Waals surface area contributed by atoms with Crippen molar-refractivity contribution >= 4 is 23.5 Å². The van der Waals surface area contributed by atoms with Crippen molar-refractivity contribution in [2.45, 2.75) is 10.6 Å². The molecule has 2 rings (SSSR count). The van der Waals surface area contributed by atoms with Crippen LogP contribution in [0.2, 0.25) is 0 Å². The summed E-state index contributed by atoms with van der Waals surface area (Å²) < 4.78 is 0. The van der Waals surface area contributed by atoms with E-state index in [9.17, 15) is 0 Å². The highest BCUT2D eigenvalue weighted by Crippen LogP contribution is 2.26. The number of hydrogen-bond donors (Lipinski definition) is 1. The summed E-state index contributed by atoms with van der Waals surface area (Å²) in [4.78, 5) is 1.46. The number of thioether (sulfide) groups is 2. The van der Waals surface area contributed by atoms with Crippen molar-refractivity contribution in [3.05, 3.63) is 29.8 Å². The Morgan fingerprint density at radius 2 is 1.93 bits per heavy atom. The molecule has 0 radical (unpaired) electrons. The highest BCUT2D eigenvalue weighted by Gasteiger charge is 2.04. The van der Waals surface area contributed by atoms with Gasteiger partial charge in [-0.2, -0.15) is 11.8 Å². The first-order chi connectivity index (χ1) is 6.97. The normalized spacial score (nSPS) is 18.6. The van der Waals surface area contributed by atoms with Gasteiger partial charge in [0, 0.05) is 35.2 Å². The fraction of sp³-hybridized carbons (Fsp3) is 0.455. The molecule has 0 unspecified atom stereocenters. The van der Waals surface area contributed by atoms with Crippen molar-refractivity contribution in [1.82, 2.24) is 5.32 Å². The number of nitrogens with one attached hydrogen (secondary N) is 1. The number of hydrogen-bond acceptors (Lipinski definition) is 3. The lowest BCUT2D eigenvalue weighted by atomic mass is 10.2. The summed E-state index contributed by atoms with van der Waals surface area (Å²) in [6.07, 6.45) is 0. The first-order valence-electron chi connectivity index (χ1n) is 4.96. The Bertz CT molecular complexity index is 259. The molecule has 0 fully saturated rings. The van der Waals surface area contributed by atoms with Gasteiger partial charge in [-0.05, 0) is 11.6 Å². The molecule has 0 saturated heterocycles. The van der Waals surface area contributed by atoms with Gasteiger partial charge in [-0.15, -0.1) is 11.8 Å². The van der Waals surface area contributed by atoms with Crippen molar-refractivity contribution in [3.63, 3.8) is 0 Å². The summed E-state index contributed by atoms with van der Waals surface area (Å²) in [6, 6.07) is 8.77. The van der Waals surface area contributed by atoms with Crippen LogP contribution in [0.25, 0.3) is 0 Å². The largest absolute Gasteiger partial charge is 0.315 e. The number of rotatable bonds is 0. The fourth-order valence-electron chi connectivity index (χ4n) is 1.45. The third-order valence-electron chi connectivity index (χ3n) is 2.19. The van der Waals surface area contributed by atoms with E-state index in [0.29, 0.717) is 0 Å². The van der Waals surface area contributed by atoms with E-state index in [1.807, 2.05) is 23.5 Å². The van der Waals surface area contributed by atoms with Gasteiger partial charge in [-0.25, -0.2) is 0 Å². The molecule has 1 heterocycles. The van der Waals surface area contributed by atoms with E-state index in [4.69, 9.17) is 0 Å². The molecular weight excluding hydrogens is 210 g/mol. The van der Waals surface area contributed by atoms with Crippen LogP contribution in [0.3, 0.4) is 0 Å². The third kappa shape index (κ3) is 2.94. The van der Waals surface area contributed by atoms with E-state index in [0.717, 1.165) is 18.8 Å². The molecule has 1 N–H and O–H groups in total. The summed E-state index contributed by atoms with van der Waals surface area (Å²) in [6.45, 7) is 2.27. The van der Waals surface area contributed by atoms with E-state index in [1.54, 1.807) is 0 Å². The zero-order valence-electron chi connectivity index (χ0n) is 8.16. The van der Waals surface area contributed by atoms with Gasteiger partial charge in [0.05, 0.1) is 0 Å². The molecule has 0 amide bonds. The summed E-state index contributed by atoms with van der Waals surface area (Å²) >= 11 is 3.99. The Labute approximate surface area is 94.0 Å². The van der Waals surface area contributed by atoms with Gasteiger partial charge >= 0.3 is 0 Å². The molecule has 0 saturated carbocycles. The number of fused-ring (bicyclic) bond motifs is 1. The van der Waals surface area contributed by atoms with E-state index in [2.05, 4.69) is 29.6 Å². The summed E-state index contributed by atoms with van der Waals surface area (Å²) in [5, 5.41) is 3.44. The van der Waals surface area contributed by atoms with E-state index >= 15 is 0 Å². The monoisotopic (exact) mass is 225 g/mol. The summed E-state index contributed by atoms with van der Waals surface area (Å²) in [7, 11) is 0. The molecule has 1 aliphatic heterocycles. The third-order valence-corrected chi connectivity index (χ3v) is 4.32. The molecule has 1 aliphatic rings. The molecule has 76 valence electrons. The summed E-state index contributed by atoms with van der Waals surface area (Å²) in [5.74, 6) is 3.56. The lowest BCUT2D eigenvalue weighted by molar-refractivity contribution is 0.773. The highest BCUT2D eigenvalue weighted by molar-refractivity contribution is 8.00. The van der Waals surface area contributed by atoms with Gasteiger partial charge in [0.1, 0.15) is 0 Å². The van der Waals surface area contributed by atoms with Gasteiger partial charge in [0.2, 0.25) is 0 Å². The van der Waals surface area contributed by atoms with Crippen LogP contribution in [0.1, 0.15) is 5.56 Å². The van der Waals surface area contributed by atoms with E-state index < -0.39 is 0 Å². The van der Waals surface area contributed by atoms with Gasteiger partial charge in [0.15, 0.2) is 0 Å². The Morgan fingerprint density at radius 3 is 2.93 bits per heavy atom. The molecular formula is C11H15NS2. The van der Waals surface area contributed by atoms with Crippen LogP contribution < -0.4 is 5.32 Å². The Kier molecular flexibility index (Phi) is 4.22. The molecule has 0 bridgehead atoms. The van der Waals surface area contributed by atoms with Crippen LogP contribution in [0.4, 0.5) is 0 Å². The second-order valence-corrected chi connectivity index (χ2v) is 5.50. The van der Waals surface area contributed by atoms with Crippen LogP contribution in [-0.2, 0) is 5.75 Å². The average Bonchev–Trinajstić information content (AvgIpc) is 2.25. The molecule has 1 nitrogen and oxygen atoms in total. The number of benzene rings is 1. The SMILES string of the molecule is c1ccc2c(c1)CSCCNCCS2. The predicted octanol–water partition coefficient (Wildman–Crippen LogP) is 2.62. The van der Waals surface area contributed by atoms with Crippen LogP contribution in [0.15, 0.2) is 29.2 Å². The Morgan fingerprint density at radius 1 is 1.07 bits per heavy atom. The maximum absolute atomic E-state index is 3.44. The van der Waals surface area contributed by atoms with Crippen molar-refractivity contribution in [2.75, 3.05) is 24.6 Å². The van der Waals surface area contributed by atoms with Crippen LogP contribution in [0, 0.1) is 0 Å². The van der Waals surface area contributed by atoms with Crippen molar-refractivity contribution in [2.24, 2.45) is 0 Å². The standard InChI is InChI=1S/C11H15NS2/c1-2-4-11-10(3-1)9-13-7-5-12-6-8-14-11/h1-4,12H,5-9H2. The molecule has 0 aliphatic carbocycles. The van der Waals surface area contributed by atoms with Gasteiger partial charge in [-0.1, -0.05) is 18.2 Å². The predicted molar refractivity (Wildman–Crippen MR) is 66.2 cm³/mol. The van der Waals surface area contributed by atoms with Crippen LogP contribution >= 0.6 is 23.5 Å². The topological polar surface area (TPSA) is 12.0 Å². The minimum absolute atomic E-state index is 1.12. The molecule has 0 atom stereocenters. The molecule has 1 aromatic rings. The maximum Gasteiger partial charge on any atom is 0.0196 e. The fourth-order valence-corrected chi connectivity index (χ4v) is 3.41. The summed E-state index contributed by atoms with van der Waals surface area (Å²) in [5.41, 5.74) is 1.50. The second kappa shape index (κ2) is 5.69. The average molecular weight is 225 g/mol. The lowest BCUT2D eigenvalue weighted by Crippen LogP contribution is -2.20. The minimum Gasteiger partial charge on any atom is -0.315 e. The zero-order valence-corrected chi connectivity index (χ0v) is 9.79. The smallest absolute Gasteiger partial charge is 0.0196 e. The zero-order chi connectivity index (χ0) is 9.64. The van der Waals surface area contributed by atoms with Crippen molar-refractivity contribution in [1.29, 1.82) is 0 Å². The molecule has 3 heteroatoms. The molecule has 0 aromatic heterocycles. The molecule has 0 spiro atoms. The Hall–Kier alpha value is -0.120. The van der Waals surface area contributed by atoms with E-state index in [-0.39, 0.29) is 0 Å². The van der Waals surface area contributed by atoms with Crippen LogP contribution in [-0.4, -0.2) is 24.6 Å². The first-order valence-corrected chi connectivity index (χ1v) is 7.10. The molecule has 14 heavy (non-hydrogen) atoms. The second-order valence-electron chi connectivity index (χ2n) is 3.26. The first kappa shape index (κ1) is 10.4. The maximum atomic E-state index is 3.44. The van der Waals surface area contributed by atoms with Crippen LogP contribution in [0.5, 0.6) is 0 Å². The van der Waals surface area contributed by atoms with Gasteiger partial charge in [-0.3, -0.25) is 0 Å².